The third kappa shape index (κ3) is 2.99. The summed E-state index contributed by atoms with van der Waals surface area (Å²) in [6, 6.07) is 0. The Balaban J connectivity index is 1.89. The molecule has 3 nitrogen and oxygen atoms in total. The molecule has 16 heavy (non-hydrogen) atoms. The van der Waals surface area contributed by atoms with Crippen LogP contribution in [-0.4, -0.2) is 37.0 Å². The van der Waals surface area contributed by atoms with Crippen molar-refractivity contribution in [3.8, 4) is 12.3 Å². The molecule has 1 aliphatic carbocycles. The Morgan fingerprint density at radius 1 is 1.44 bits per heavy atom. The number of carbonyl (C=O) groups excluding carboxylic acids is 1. The predicted molar refractivity (Wildman–Crippen MR) is 63.7 cm³/mol. The van der Waals surface area contributed by atoms with Gasteiger partial charge in [-0.25, -0.2) is 0 Å². The lowest BCUT2D eigenvalue weighted by Gasteiger charge is -2.28. The second-order valence-electron chi connectivity index (χ2n) is 4.91. The molecule has 2 rings (SSSR count). The molecular formula is C13H20N2O. The predicted octanol–water partition coefficient (Wildman–Crippen LogP) is 0.858. The first-order valence-corrected chi connectivity index (χ1v) is 6.24. The highest BCUT2D eigenvalue weighted by atomic mass is 16.2. The van der Waals surface area contributed by atoms with Gasteiger partial charge < -0.3 is 10.2 Å². The van der Waals surface area contributed by atoms with E-state index in [1.165, 1.54) is 12.8 Å². The summed E-state index contributed by atoms with van der Waals surface area (Å²) < 4.78 is 0. The van der Waals surface area contributed by atoms with Crippen molar-refractivity contribution in [2.24, 2.45) is 11.8 Å². The van der Waals surface area contributed by atoms with Gasteiger partial charge in [0.1, 0.15) is 0 Å². The Hall–Kier alpha value is -1.01. The van der Waals surface area contributed by atoms with Crippen LogP contribution >= 0.6 is 0 Å². The largest absolute Gasteiger partial charge is 0.331 e. The van der Waals surface area contributed by atoms with Gasteiger partial charge in [-0.05, 0) is 38.1 Å². The van der Waals surface area contributed by atoms with Crippen LogP contribution in [0.4, 0.5) is 0 Å². The lowest BCUT2D eigenvalue weighted by atomic mass is 9.98. The van der Waals surface area contributed by atoms with E-state index < -0.39 is 0 Å². The molecule has 1 N–H and O–H groups in total. The van der Waals surface area contributed by atoms with Crippen molar-refractivity contribution in [1.82, 2.24) is 10.2 Å². The maximum atomic E-state index is 12.2. The molecule has 3 heteroatoms. The summed E-state index contributed by atoms with van der Waals surface area (Å²) in [6.45, 7) is 3.22. The number of amides is 1. The van der Waals surface area contributed by atoms with Gasteiger partial charge in [0.15, 0.2) is 0 Å². The van der Waals surface area contributed by atoms with Crippen LogP contribution in [0.2, 0.25) is 0 Å². The van der Waals surface area contributed by atoms with Crippen LogP contribution in [0.3, 0.4) is 0 Å². The van der Waals surface area contributed by atoms with Crippen molar-refractivity contribution in [2.45, 2.75) is 25.7 Å². The van der Waals surface area contributed by atoms with Gasteiger partial charge in [-0.3, -0.25) is 4.79 Å². The topological polar surface area (TPSA) is 32.3 Å². The second-order valence-corrected chi connectivity index (χ2v) is 4.91. The monoisotopic (exact) mass is 220 g/mol. The van der Waals surface area contributed by atoms with Crippen molar-refractivity contribution >= 4 is 5.91 Å². The van der Waals surface area contributed by atoms with Crippen LogP contribution in [0, 0.1) is 24.2 Å². The molecule has 1 aliphatic heterocycles. The molecule has 1 saturated carbocycles. The molecule has 0 aromatic heterocycles. The van der Waals surface area contributed by atoms with Gasteiger partial charge in [-0.15, -0.1) is 6.42 Å². The first-order valence-electron chi connectivity index (χ1n) is 6.24. The summed E-state index contributed by atoms with van der Waals surface area (Å²) in [5.74, 6) is 3.74. The summed E-state index contributed by atoms with van der Waals surface area (Å²) in [5, 5.41) is 3.28. The number of hydrogen-bond acceptors (Lipinski definition) is 2. The molecule has 0 bridgehead atoms. The van der Waals surface area contributed by atoms with Crippen LogP contribution in [0.25, 0.3) is 0 Å². The Bertz CT molecular complexity index is 285. The lowest BCUT2D eigenvalue weighted by molar-refractivity contribution is -0.135. The number of carbonyl (C=O) groups is 1. The molecule has 88 valence electrons. The van der Waals surface area contributed by atoms with E-state index in [9.17, 15) is 4.79 Å². The molecule has 2 fully saturated rings. The third-order valence-corrected chi connectivity index (χ3v) is 3.42. The van der Waals surface area contributed by atoms with Gasteiger partial charge in [0.2, 0.25) is 5.91 Å². The van der Waals surface area contributed by atoms with Crippen LogP contribution in [0.1, 0.15) is 25.7 Å². The summed E-state index contributed by atoms with van der Waals surface area (Å²) in [4.78, 5) is 14.1. The maximum absolute atomic E-state index is 12.2. The Morgan fingerprint density at radius 3 is 2.81 bits per heavy atom. The van der Waals surface area contributed by atoms with Crippen molar-refractivity contribution in [1.29, 1.82) is 0 Å². The van der Waals surface area contributed by atoms with Crippen molar-refractivity contribution in [2.75, 3.05) is 26.2 Å². The molecule has 0 unspecified atom stereocenters. The van der Waals surface area contributed by atoms with E-state index in [2.05, 4.69) is 11.2 Å². The highest BCUT2D eigenvalue weighted by molar-refractivity contribution is 5.79. The number of piperidine rings is 1. The maximum Gasteiger partial charge on any atom is 0.227 e. The molecule has 2 aliphatic rings. The van der Waals surface area contributed by atoms with Gasteiger partial charge in [-0.1, -0.05) is 5.92 Å². The average Bonchev–Trinajstić information content (AvgIpc) is 3.13. The van der Waals surface area contributed by atoms with E-state index in [0.717, 1.165) is 32.5 Å². The van der Waals surface area contributed by atoms with E-state index in [4.69, 9.17) is 6.42 Å². The zero-order chi connectivity index (χ0) is 11.4. The van der Waals surface area contributed by atoms with Crippen LogP contribution in [0.5, 0.6) is 0 Å². The standard InChI is InChI=1S/C13H20N2O/c1-2-8-15(10-11-5-6-11)13(16)12-4-3-7-14-9-12/h1,11-12,14H,3-10H2/t12-/m0/s1. The summed E-state index contributed by atoms with van der Waals surface area (Å²) in [6.07, 6.45) is 9.97. The molecule has 1 amide bonds. The smallest absolute Gasteiger partial charge is 0.227 e. The van der Waals surface area contributed by atoms with E-state index in [-0.39, 0.29) is 11.8 Å². The van der Waals surface area contributed by atoms with Crippen molar-refractivity contribution < 1.29 is 4.79 Å². The molecular weight excluding hydrogens is 200 g/mol. The Morgan fingerprint density at radius 2 is 2.25 bits per heavy atom. The number of nitrogens with zero attached hydrogens (tertiary/aromatic N) is 1. The van der Waals surface area contributed by atoms with E-state index in [1.807, 2.05) is 4.90 Å². The quantitative estimate of drug-likeness (QED) is 0.713. The molecule has 0 aromatic rings. The van der Waals surface area contributed by atoms with Crippen LogP contribution in [0.15, 0.2) is 0 Å². The van der Waals surface area contributed by atoms with Gasteiger partial charge in [-0.2, -0.15) is 0 Å². The Labute approximate surface area is 97.6 Å². The first-order chi connectivity index (χ1) is 7.81. The van der Waals surface area contributed by atoms with E-state index in [0.29, 0.717) is 12.5 Å². The highest BCUT2D eigenvalue weighted by Crippen LogP contribution is 2.30. The average molecular weight is 220 g/mol. The SMILES string of the molecule is C#CCN(CC1CC1)C(=O)[C@H]1CCCNC1. The van der Waals surface area contributed by atoms with Crippen molar-refractivity contribution in [3.05, 3.63) is 0 Å². The third-order valence-electron chi connectivity index (χ3n) is 3.42. The van der Waals surface area contributed by atoms with Gasteiger partial charge in [0.05, 0.1) is 12.5 Å². The van der Waals surface area contributed by atoms with E-state index in [1.54, 1.807) is 0 Å². The fourth-order valence-corrected chi connectivity index (χ4v) is 2.28. The normalized spacial score (nSPS) is 24.8. The second kappa shape index (κ2) is 5.36. The highest BCUT2D eigenvalue weighted by Gasteiger charge is 2.30. The van der Waals surface area contributed by atoms with E-state index >= 15 is 0 Å². The van der Waals surface area contributed by atoms with Gasteiger partial charge >= 0.3 is 0 Å². The Kier molecular flexibility index (Phi) is 3.84. The fourth-order valence-electron chi connectivity index (χ4n) is 2.28. The zero-order valence-electron chi connectivity index (χ0n) is 9.74. The lowest BCUT2D eigenvalue weighted by Crippen LogP contribution is -2.44. The number of terminal acetylenes is 1. The fraction of sp³-hybridized carbons (Fsp3) is 0.769. The van der Waals surface area contributed by atoms with Gasteiger partial charge in [0.25, 0.3) is 0 Å². The molecule has 0 aromatic carbocycles. The molecule has 1 atom stereocenters. The zero-order valence-corrected chi connectivity index (χ0v) is 9.74. The minimum Gasteiger partial charge on any atom is -0.331 e. The summed E-state index contributed by atoms with van der Waals surface area (Å²) >= 11 is 0. The molecule has 0 radical (unpaired) electrons. The number of rotatable bonds is 4. The molecule has 0 spiro atoms. The summed E-state index contributed by atoms with van der Waals surface area (Å²) in [5.41, 5.74) is 0. The minimum atomic E-state index is 0.154. The van der Waals surface area contributed by atoms with Crippen LogP contribution in [-0.2, 0) is 4.79 Å². The number of hydrogen-bond donors (Lipinski definition) is 1. The number of nitrogens with one attached hydrogen (secondary N) is 1. The van der Waals surface area contributed by atoms with Crippen molar-refractivity contribution in [3.63, 3.8) is 0 Å². The minimum absolute atomic E-state index is 0.154. The molecule has 1 heterocycles. The summed E-state index contributed by atoms with van der Waals surface area (Å²) in [7, 11) is 0. The van der Waals surface area contributed by atoms with Gasteiger partial charge in [0, 0.05) is 13.1 Å². The first kappa shape index (κ1) is 11.5. The van der Waals surface area contributed by atoms with Crippen LogP contribution < -0.4 is 5.32 Å². The molecule has 1 saturated heterocycles.